The number of hydrogen-bond donors (Lipinski definition) is 0. The first-order valence-corrected chi connectivity index (χ1v) is 10.9. The first-order chi connectivity index (χ1) is 12.0. The van der Waals surface area contributed by atoms with Crippen molar-refractivity contribution in [3.8, 4) is 11.4 Å². The molecule has 0 aliphatic rings. The minimum atomic E-state index is -0.0369. The van der Waals surface area contributed by atoms with Gasteiger partial charge in [0.25, 0.3) is 5.56 Å². The van der Waals surface area contributed by atoms with Gasteiger partial charge in [-0.25, -0.2) is 4.98 Å². The molecule has 3 aromatic rings. The summed E-state index contributed by atoms with van der Waals surface area (Å²) in [7, 11) is 1.63. The first-order valence-electron chi connectivity index (χ1n) is 7.74. The molecule has 7 heteroatoms. The Hall–Kier alpha value is -0.810. The number of fused-ring (bicyclic) bond motifs is 1. The molecule has 0 amide bonds. The van der Waals surface area contributed by atoms with E-state index < -0.39 is 0 Å². The summed E-state index contributed by atoms with van der Waals surface area (Å²) in [5.74, 6) is 1.67. The van der Waals surface area contributed by atoms with Gasteiger partial charge in [0.2, 0.25) is 0 Å². The predicted octanol–water partition coefficient (Wildman–Crippen LogP) is 5.11. The van der Waals surface area contributed by atoms with Crippen LogP contribution in [0.15, 0.2) is 46.3 Å². The highest BCUT2D eigenvalue weighted by molar-refractivity contribution is 14.1. The van der Waals surface area contributed by atoms with Gasteiger partial charge in [-0.05, 0) is 88.0 Å². The summed E-state index contributed by atoms with van der Waals surface area (Å²) in [6, 6.07) is 11.5. The number of rotatable bonds is 5. The Labute approximate surface area is 177 Å². The van der Waals surface area contributed by atoms with Crippen molar-refractivity contribution in [3.63, 3.8) is 0 Å². The van der Waals surface area contributed by atoms with Gasteiger partial charge in [-0.1, -0.05) is 18.7 Å². The maximum absolute atomic E-state index is 13.2. The largest absolute Gasteiger partial charge is 0.497 e. The fourth-order valence-electron chi connectivity index (χ4n) is 2.44. The molecule has 3 rings (SSSR count). The molecule has 130 valence electrons. The Morgan fingerprint density at radius 3 is 2.56 bits per heavy atom. The molecule has 0 N–H and O–H groups in total. The SMILES string of the molecule is CCCSc1nc2c(I)cc(I)cc2c(=O)n1-c1ccc(OC)cc1. The zero-order valence-electron chi connectivity index (χ0n) is 13.8. The number of thioether (sulfide) groups is 1. The number of aromatic nitrogens is 2. The summed E-state index contributed by atoms with van der Waals surface area (Å²) < 4.78 is 8.95. The smallest absolute Gasteiger partial charge is 0.266 e. The fourth-order valence-corrected chi connectivity index (χ4v) is 5.27. The van der Waals surface area contributed by atoms with Crippen molar-refractivity contribution in [1.82, 2.24) is 9.55 Å². The Kier molecular flexibility index (Phi) is 6.26. The summed E-state index contributed by atoms with van der Waals surface area (Å²) in [5, 5.41) is 1.37. The standard InChI is InChI=1S/C18H16I2N2O2S/c1-3-8-25-18-21-16-14(9-11(19)10-15(16)20)17(23)22(18)12-4-6-13(24-2)7-5-12/h4-7,9-10H,3,8H2,1-2H3. The molecule has 0 aliphatic heterocycles. The van der Waals surface area contributed by atoms with Gasteiger partial charge in [0, 0.05) is 12.9 Å². The molecule has 4 nitrogen and oxygen atoms in total. The molecular weight excluding hydrogens is 562 g/mol. The van der Waals surface area contributed by atoms with E-state index in [1.54, 1.807) is 23.4 Å². The number of halogens is 2. The van der Waals surface area contributed by atoms with E-state index in [2.05, 4.69) is 52.1 Å². The van der Waals surface area contributed by atoms with Gasteiger partial charge >= 0.3 is 0 Å². The van der Waals surface area contributed by atoms with E-state index in [1.165, 1.54) is 0 Å². The van der Waals surface area contributed by atoms with E-state index in [-0.39, 0.29) is 5.56 Å². The molecule has 0 saturated heterocycles. The zero-order valence-corrected chi connectivity index (χ0v) is 18.9. The molecule has 0 bridgehead atoms. The molecule has 0 aliphatic carbocycles. The maximum atomic E-state index is 13.2. The van der Waals surface area contributed by atoms with Crippen molar-refractivity contribution in [2.24, 2.45) is 0 Å². The van der Waals surface area contributed by atoms with Crippen LogP contribution in [-0.4, -0.2) is 22.4 Å². The van der Waals surface area contributed by atoms with Gasteiger partial charge in [-0.2, -0.15) is 0 Å². The number of benzene rings is 2. The van der Waals surface area contributed by atoms with Crippen LogP contribution < -0.4 is 10.3 Å². The normalized spacial score (nSPS) is 11.0. The van der Waals surface area contributed by atoms with Crippen LogP contribution in [-0.2, 0) is 0 Å². The lowest BCUT2D eigenvalue weighted by Crippen LogP contribution is -2.22. The zero-order chi connectivity index (χ0) is 18.0. The van der Waals surface area contributed by atoms with Crippen molar-refractivity contribution >= 4 is 67.8 Å². The van der Waals surface area contributed by atoms with E-state index in [4.69, 9.17) is 9.72 Å². The summed E-state index contributed by atoms with van der Waals surface area (Å²) in [5.41, 5.74) is 1.53. The van der Waals surface area contributed by atoms with Crippen molar-refractivity contribution in [2.75, 3.05) is 12.9 Å². The third kappa shape index (κ3) is 3.97. The van der Waals surface area contributed by atoms with Crippen LogP contribution in [0.1, 0.15) is 13.3 Å². The lowest BCUT2D eigenvalue weighted by Gasteiger charge is -2.14. The second-order valence-electron chi connectivity index (χ2n) is 5.37. The molecule has 0 saturated carbocycles. The van der Waals surface area contributed by atoms with Crippen LogP contribution in [0, 0.1) is 7.14 Å². The topological polar surface area (TPSA) is 44.1 Å². The highest BCUT2D eigenvalue weighted by Crippen LogP contribution is 2.26. The lowest BCUT2D eigenvalue weighted by molar-refractivity contribution is 0.414. The Bertz CT molecular complexity index is 971. The minimum absolute atomic E-state index is 0.0369. The summed E-state index contributed by atoms with van der Waals surface area (Å²) in [6.07, 6.45) is 1.02. The van der Waals surface area contributed by atoms with Gasteiger partial charge in [0.15, 0.2) is 5.16 Å². The van der Waals surface area contributed by atoms with Crippen molar-refractivity contribution in [3.05, 3.63) is 53.9 Å². The molecule has 1 aromatic heterocycles. The molecule has 0 atom stereocenters. The Balaban J connectivity index is 2.29. The van der Waals surface area contributed by atoms with E-state index in [1.807, 2.05) is 36.4 Å². The van der Waals surface area contributed by atoms with Crippen LogP contribution in [0.4, 0.5) is 0 Å². The maximum Gasteiger partial charge on any atom is 0.266 e. The summed E-state index contributed by atoms with van der Waals surface area (Å²) in [6.45, 7) is 2.12. The van der Waals surface area contributed by atoms with Gasteiger partial charge in [0.1, 0.15) is 5.75 Å². The van der Waals surface area contributed by atoms with Crippen LogP contribution in [0.5, 0.6) is 5.75 Å². The average molecular weight is 578 g/mol. The predicted molar refractivity (Wildman–Crippen MR) is 120 cm³/mol. The van der Waals surface area contributed by atoms with Gasteiger partial charge < -0.3 is 4.74 Å². The van der Waals surface area contributed by atoms with Gasteiger partial charge in [0.05, 0.1) is 23.7 Å². The van der Waals surface area contributed by atoms with Crippen molar-refractivity contribution in [2.45, 2.75) is 18.5 Å². The minimum Gasteiger partial charge on any atom is -0.497 e. The van der Waals surface area contributed by atoms with Crippen LogP contribution in [0.25, 0.3) is 16.6 Å². The van der Waals surface area contributed by atoms with Gasteiger partial charge in [-0.3, -0.25) is 9.36 Å². The second kappa shape index (κ2) is 8.26. The van der Waals surface area contributed by atoms with E-state index in [9.17, 15) is 4.79 Å². The number of methoxy groups -OCH3 is 1. The third-order valence-corrected chi connectivity index (χ3v) is 6.22. The van der Waals surface area contributed by atoms with Crippen molar-refractivity contribution in [1.29, 1.82) is 0 Å². The number of nitrogens with zero attached hydrogens (tertiary/aromatic N) is 2. The van der Waals surface area contributed by atoms with Gasteiger partial charge in [-0.15, -0.1) is 0 Å². The monoisotopic (exact) mass is 578 g/mol. The Morgan fingerprint density at radius 2 is 1.92 bits per heavy atom. The summed E-state index contributed by atoms with van der Waals surface area (Å²) in [4.78, 5) is 18.1. The van der Waals surface area contributed by atoms with Crippen LogP contribution in [0.3, 0.4) is 0 Å². The number of ether oxygens (including phenoxy) is 1. The molecule has 25 heavy (non-hydrogen) atoms. The second-order valence-corrected chi connectivity index (χ2v) is 8.84. The number of hydrogen-bond acceptors (Lipinski definition) is 4. The molecule has 0 unspecified atom stereocenters. The van der Waals surface area contributed by atoms with E-state index in [0.717, 1.165) is 41.4 Å². The molecule has 0 radical (unpaired) electrons. The fraction of sp³-hybridized carbons (Fsp3) is 0.222. The third-order valence-electron chi connectivity index (χ3n) is 3.63. The van der Waals surface area contributed by atoms with E-state index in [0.29, 0.717) is 5.39 Å². The first kappa shape index (κ1) is 19.0. The average Bonchev–Trinajstić information content (AvgIpc) is 2.61. The molecular formula is C18H16I2N2O2S. The molecule has 0 fully saturated rings. The quantitative estimate of drug-likeness (QED) is 0.240. The lowest BCUT2D eigenvalue weighted by atomic mass is 10.2. The van der Waals surface area contributed by atoms with Crippen molar-refractivity contribution < 1.29 is 4.74 Å². The highest BCUT2D eigenvalue weighted by atomic mass is 127. The van der Waals surface area contributed by atoms with E-state index >= 15 is 0 Å². The summed E-state index contributed by atoms with van der Waals surface area (Å²) >= 11 is 6.09. The van der Waals surface area contributed by atoms with Crippen LogP contribution in [0.2, 0.25) is 0 Å². The van der Waals surface area contributed by atoms with Crippen LogP contribution >= 0.6 is 56.9 Å². The highest BCUT2D eigenvalue weighted by Gasteiger charge is 2.15. The molecule has 0 spiro atoms. The molecule has 2 aromatic carbocycles. The molecule has 1 heterocycles. The Morgan fingerprint density at radius 1 is 1.20 bits per heavy atom.